The number of ether oxygens (including phenoxy) is 1. The molecule has 0 saturated heterocycles. The molecule has 1 aromatic carbocycles. The van der Waals surface area contributed by atoms with Crippen molar-refractivity contribution in [2.24, 2.45) is 0 Å². The molecule has 0 atom stereocenters. The maximum atomic E-state index is 9.21. The van der Waals surface area contributed by atoms with Crippen molar-refractivity contribution >= 4 is 5.82 Å². The van der Waals surface area contributed by atoms with Crippen molar-refractivity contribution in [2.75, 3.05) is 11.9 Å². The van der Waals surface area contributed by atoms with E-state index in [0.717, 1.165) is 6.54 Å². The molecule has 0 aliphatic heterocycles. The molecule has 2 aromatic rings. The molecule has 0 aliphatic carbocycles. The Kier molecular flexibility index (Phi) is 4.09. The Bertz CT molecular complexity index is 517. The minimum Gasteiger partial charge on any atom is -0.437 e. The summed E-state index contributed by atoms with van der Waals surface area (Å²) in [4.78, 5) is 8.30. The number of benzene rings is 1. The zero-order valence-electron chi connectivity index (χ0n) is 10.1. The Morgan fingerprint density at radius 2 is 2.11 bits per heavy atom. The van der Waals surface area contributed by atoms with E-state index in [1.807, 2.05) is 19.1 Å². The Morgan fingerprint density at radius 3 is 2.89 bits per heavy atom. The Labute approximate surface area is 105 Å². The first kappa shape index (κ1) is 12.3. The number of hydrogen-bond acceptors (Lipinski definition) is 5. The van der Waals surface area contributed by atoms with Gasteiger partial charge >= 0.3 is 0 Å². The van der Waals surface area contributed by atoms with E-state index < -0.39 is 0 Å². The third-order valence-electron chi connectivity index (χ3n) is 2.33. The molecule has 1 aromatic heterocycles. The molecule has 0 bridgehead atoms. The summed E-state index contributed by atoms with van der Waals surface area (Å²) in [5.74, 6) is 1.65. The summed E-state index contributed by atoms with van der Waals surface area (Å²) in [5.41, 5.74) is 0.716. The Hall–Kier alpha value is -2.14. The van der Waals surface area contributed by atoms with E-state index in [4.69, 9.17) is 4.74 Å². The lowest BCUT2D eigenvalue weighted by molar-refractivity contribution is 0.276. The van der Waals surface area contributed by atoms with E-state index in [9.17, 15) is 5.11 Å². The van der Waals surface area contributed by atoms with Crippen LogP contribution in [0, 0.1) is 0 Å². The second kappa shape index (κ2) is 5.97. The summed E-state index contributed by atoms with van der Waals surface area (Å²) >= 11 is 0. The molecule has 94 valence electrons. The molecule has 0 spiro atoms. The molecule has 0 amide bonds. The number of hydrogen-bond donors (Lipinski definition) is 2. The van der Waals surface area contributed by atoms with Gasteiger partial charge in [0.05, 0.1) is 19.0 Å². The zero-order valence-corrected chi connectivity index (χ0v) is 10.1. The van der Waals surface area contributed by atoms with Gasteiger partial charge in [-0.1, -0.05) is 18.2 Å². The fraction of sp³-hybridized carbons (Fsp3) is 0.231. The van der Waals surface area contributed by atoms with E-state index in [-0.39, 0.29) is 6.61 Å². The molecule has 0 radical (unpaired) electrons. The Morgan fingerprint density at radius 1 is 1.28 bits per heavy atom. The number of rotatable bonds is 5. The normalized spacial score (nSPS) is 10.1. The number of nitrogens with zero attached hydrogens (tertiary/aromatic N) is 2. The van der Waals surface area contributed by atoms with Crippen LogP contribution in [0.25, 0.3) is 0 Å². The predicted molar refractivity (Wildman–Crippen MR) is 68.6 cm³/mol. The molecule has 0 saturated carbocycles. The first-order valence-corrected chi connectivity index (χ1v) is 5.76. The molecule has 1 heterocycles. The second-order valence-electron chi connectivity index (χ2n) is 3.64. The van der Waals surface area contributed by atoms with Crippen molar-refractivity contribution in [1.29, 1.82) is 0 Å². The van der Waals surface area contributed by atoms with Gasteiger partial charge in [0.15, 0.2) is 0 Å². The van der Waals surface area contributed by atoms with Crippen LogP contribution in [0.5, 0.6) is 11.6 Å². The van der Waals surface area contributed by atoms with Crippen molar-refractivity contribution in [3.63, 3.8) is 0 Å². The van der Waals surface area contributed by atoms with Gasteiger partial charge in [-0.25, -0.2) is 0 Å². The van der Waals surface area contributed by atoms with Crippen molar-refractivity contribution in [3.8, 4) is 11.6 Å². The number of nitrogens with one attached hydrogen (secondary N) is 1. The minimum absolute atomic E-state index is 0.0729. The SMILES string of the molecule is CCNc1cncc(Oc2ccccc2CO)n1. The number of para-hydroxylation sites is 1. The van der Waals surface area contributed by atoms with Crippen molar-refractivity contribution in [2.45, 2.75) is 13.5 Å². The molecule has 0 aliphatic rings. The highest BCUT2D eigenvalue weighted by Gasteiger charge is 2.05. The van der Waals surface area contributed by atoms with E-state index >= 15 is 0 Å². The van der Waals surface area contributed by atoms with Crippen LogP contribution in [-0.2, 0) is 6.61 Å². The molecule has 5 heteroatoms. The summed E-state index contributed by atoms with van der Waals surface area (Å²) < 4.78 is 5.61. The van der Waals surface area contributed by atoms with Crippen LogP contribution >= 0.6 is 0 Å². The van der Waals surface area contributed by atoms with E-state index in [2.05, 4.69) is 15.3 Å². The predicted octanol–water partition coefficient (Wildman–Crippen LogP) is 2.19. The van der Waals surface area contributed by atoms with E-state index in [0.29, 0.717) is 23.0 Å². The molecule has 0 unspecified atom stereocenters. The van der Waals surface area contributed by atoms with Gasteiger partial charge in [-0.15, -0.1) is 0 Å². The highest BCUT2D eigenvalue weighted by molar-refractivity contribution is 5.37. The number of anilines is 1. The molecule has 2 rings (SSSR count). The van der Waals surface area contributed by atoms with Gasteiger partial charge in [0.2, 0.25) is 5.88 Å². The minimum atomic E-state index is -0.0729. The van der Waals surface area contributed by atoms with Gasteiger partial charge in [0.25, 0.3) is 0 Å². The van der Waals surface area contributed by atoms with Crippen molar-refractivity contribution in [1.82, 2.24) is 9.97 Å². The lowest BCUT2D eigenvalue weighted by atomic mass is 10.2. The standard InChI is InChI=1S/C13H15N3O2/c1-2-15-12-7-14-8-13(16-12)18-11-6-4-3-5-10(11)9-17/h3-8,17H,2,9H2,1H3,(H,15,16). The van der Waals surface area contributed by atoms with Crippen LogP contribution in [0.3, 0.4) is 0 Å². The van der Waals surface area contributed by atoms with Crippen LogP contribution in [0.2, 0.25) is 0 Å². The van der Waals surface area contributed by atoms with Crippen molar-refractivity contribution < 1.29 is 9.84 Å². The second-order valence-corrected chi connectivity index (χ2v) is 3.64. The fourth-order valence-electron chi connectivity index (χ4n) is 1.51. The summed E-state index contributed by atoms with van der Waals surface area (Å²) in [6, 6.07) is 7.28. The smallest absolute Gasteiger partial charge is 0.239 e. The summed E-state index contributed by atoms with van der Waals surface area (Å²) in [5, 5.41) is 12.3. The van der Waals surface area contributed by atoms with Gasteiger partial charge in [-0.2, -0.15) is 4.98 Å². The maximum Gasteiger partial charge on any atom is 0.239 e. The molecule has 2 N–H and O–H groups in total. The monoisotopic (exact) mass is 245 g/mol. The van der Waals surface area contributed by atoms with Gasteiger partial charge < -0.3 is 15.2 Å². The lowest BCUT2D eigenvalue weighted by Gasteiger charge is -2.09. The quantitative estimate of drug-likeness (QED) is 0.845. The highest BCUT2D eigenvalue weighted by atomic mass is 16.5. The van der Waals surface area contributed by atoms with Crippen LogP contribution in [-0.4, -0.2) is 21.6 Å². The number of aromatic nitrogens is 2. The third kappa shape index (κ3) is 2.95. The average Bonchev–Trinajstić information content (AvgIpc) is 2.40. The molecule has 5 nitrogen and oxygen atoms in total. The van der Waals surface area contributed by atoms with E-state index in [1.54, 1.807) is 18.3 Å². The van der Waals surface area contributed by atoms with Crippen molar-refractivity contribution in [3.05, 3.63) is 42.2 Å². The van der Waals surface area contributed by atoms with Crippen LogP contribution < -0.4 is 10.1 Å². The van der Waals surface area contributed by atoms with Crippen LogP contribution in [0.1, 0.15) is 12.5 Å². The lowest BCUT2D eigenvalue weighted by Crippen LogP contribution is -2.01. The summed E-state index contributed by atoms with van der Waals surface area (Å²) in [6.45, 7) is 2.68. The third-order valence-corrected chi connectivity index (χ3v) is 2.33. The van der Waals surface area contributed by atoms with Crippen LogP contribution in [0.4, 0.5) is 5.82 Å². The van der Waals surface area contributed by atoms with Gasteiger partial charge in [-0.3, -0.25) is 4.98 Å². The maximum absolute atomic E-state index is 9.21. The largest absolute Gasteiger partial charge is 0.437 e. The highest BCUT2D eigenvalue weighted by Crippen LogP contribution is 2.23. The van der Waals surface area contributed by atoms with Gasteiger partial charge in [0.1, 0.15) is 11.6 Å². The topological polar surface area (TPSA) is 67.3 Å². The summed E-state index contributed by atoms with van der Waals surface area (Å²) in [7, 11) is 0. The summed E-state index contributed by atoms with van der Waals surface area (Å²) in [6.07, 6.45) is 3.17. The fourth-order valence-corrected chi connectivity index (χ4v) is 1.51. The first-order chi connectivity index (χ1) is 8.83. The zero-order chi connectivity index (χ0) is 12.8. The molecule has 18 heavy (non-hydrogen) atoms. The Balaban J connectivity index is 2.20. The molecule has 0 fully saturated rings. The van der Waals surface area contributed by atoms with Gasteiger partial charge in [-0.05, 0) is 13.0 Å². The number of aliphatic hydroxyl groups is 1. The molecular weight excluding hydrogens is 230 g/mol. The first-order valence-electron chi connectivity index (χ1n) is 5.76. The number of aliphatic hydroxyl groups excluding tert-OH is 1. The van der Waals surface area contributed by atoms with Gasteiger partial charge in [0, 0.05) is 12.1 Å². The van der Waals surface area contributed by atoms with E-state index in [1.165, 1.54) is 6.20 Å². The van der Waals surface area contributed by atoms with Crippen LogP contribution in [0.15, 0.2) is 36.7 Å². The average molecular weight is 245 g/mol. The molecular formula is C13H15N3O2.